The van der Waals surface area contributed by atoms with Gasteiger partial charge in [0.05, 0.1) is 0 Å². The van der Waals surface area contributed by atoms with Crippen LogP contribution in [0.2, 0.25) is 0 Å². The maximum atomic E-state index is 13.4. The van der Waals surface area contributed by atoms with Crippen molar-refractivity contribution in [2.75, 3.05) is 32.4 Å². The van der Waals surface area contributed by atoms with Gasteiger partial charge >= 0.3 is 6.18 Å². The highest BCUT2D eigenvalue weighted by Crippen LogP contribution is 2.18. The van der Waals surface area contributed by atoms with Gasteiger partial charge < -0.3 is 10.6 Å². The van der Waals surface area contributed by atoms with Gasteiger partial charge in [0, 0.05) is 6.04 Å². The first-order chi connectivity index (χ1) is 12.8. The zero-order chi connectivity index (χ0) is 20.7. The molecule has 1 aromatic rings. The zero-order valence-corrected chi connectivity index (χ0v) is 17.3. The van der Waals surface area contributed by atoms with Crippen molar-refractivity contribution in [3.8, 4) is 0 Å². The van der Waals surface area contributed by atoms with Crippen LogP contribution in [0.25, 0.3) is 0 Å². The number of nitrogens with zero attached hydrogens (tertiary/aromatic N) is 1. The Bertz CT molecular complexity index is 480. The molecule has 8 heteroatoms. The molecule has 0 aliphatic carbocycles. The molecule has 27 heavy (non-hydrogen) atoms. The predicted octanol–water partition coefficient (Wildman–Crippen LogP) is 4.62. The Morgan fingerprint density at radius 2 is 1.78 bits per heavy atom. The molecule has 0 spiro atoms. The highest BCUT2D eigenvalue weighted by atomic mass is 32.2. The van der Waals surface area contributed by atoms with Gasteiger partial charge in [-0.15, -0.1) is 0 Å². The average Bonchev–Trinajstić information content (AvgIpc) is 3.15. The lowest BCUT2D eigenvalue weighted by Gasteiger charge is -2.18. The van der Waals surface area contributed by atoms with Crippen LogP contribution in [-0.2, 0) is 6.42 Å². The van der Waals surface area contributed by atoms with E-state index in [4.69, 9.17) is 5.73 Å². The van der Waals surface area contributed by atoms with Crippen molar-refractivity contribution < 1.29 is 17.6 Å². The molecular formula is C19H33F4N3S. The molecule has 3 N–H and O–H groups in total. The fraction of sp³-hybridized carbons (Fsp3) is 0.684. The minimum absolute atomic E-state index is 0.0625. The molecule has 3 nitrogen and oxygen atoms in total. The molecule has 158 valence electrons. The highest BCUT2D eigenvalue weighted by molar-refractivity contribution is 7.97. The Hall–Kier alpha value is -0.830. The lowest BCUT2D eigenvalue weighted by molar-refractivity contribution is -0.105. The van der Waals surface area contributed by atoms with E-state index in [1.165, 1.54) is 39.0 Å². The van der Waals surface area contributed by atoms with Gasteiger partial charge in [-0.05, 0) is 64.0 Å². The predicted molar refractivity (Wildman–Crippen MR) is 107 cm³/mol. The molecule has 1 aliphatic heterocycles. The van der Waals surface area contributed by atoms with E-state index in [9.17, 15) is 17.6 Å². The lowest BCUT2D eigenvalue weighted by Crippen LogP contribution is -2.30. The molecule has 0 amide bonds. The van der Waals surface area contributed by atoms with Crippen LogP contribution in [0.4, 0.5) is 17.6 Å². The summed E-state index contributed by atoms with van der Waals surface area (Å²) >= 11 is 0.640. The van der Waals surface area contributed by atoms with Crippen LogP contribution in [0, 0.1) is 5.82 Å². The summed E-state index contributed by atoms with van der Waals surface area (Å²) in [6.45, 7) is 7.45. The Morgan fingerprint density at radius 1 is 1.19 bits per heavy atom. The number of hydrogen-bond acceptors (Lipinski definition) is 4. The van der Waals surface area contributed by atoms with E-state index >= 15 is 0 Å². The van der Waals surface area contributed by atoms with Crippen molar-refractivity contribution >= 4 is 11.9 Å². The number of rotatable bonds is 7. The number of alkyl halides is 3. The SMILES string of the molecule is CC.CNSCC(F)(F)F.N[C@@H](CCN1CCCC1)Cc1ccccc1F. The molecular weight excluding hydrogens is 378 g/mol. The van der Waals surface area contributed by atoms with Crippen molar-refractivity contribution in [2.45, 2.75) is 51.7 Å². The smallest absolute Gasteiger partial charge is 0.327 e. The monoisotopic (exact) mass is 411 g/mol. The summed E-state index contributed by atoms with van der Waals surface area (Å²) in [5, 5.41) is 0. The van der Waals surface area contributed by atoms with Gasteiger partial charge in [-0.1, -0.05) is 44.0 Å². The molecule has 2 rings (SSSR count). The maximum absolute atomic E-state index is 13.4. The van der Waals surface area contributed by atoms with Crippen LogP contribution in [-0.4, -0.2) is 49.6 Å². The third kappa shape index (κ3) is 13.9. The minimum atomic E-state index is -4.05. The van der Waals surface area contributed by atoms with E-state index in [0.717, 1.165) is 18.5 Å². The van der Waals surface area contributed by atoms with E-state index in [1.807, 2.05) is 26.0 Å². The fourth-order valence-corrected chi connectivity index (χ4v) is 2.87. The average molecular weight is 412 g/mol. The third-order valence-corrected chi connectivity index (χ3v) is 4.60. The summed E-state index contributed by atoms with van der Waals surface area (Å²) in [7, 11) is 1.45. The molecule has 0 bridgehead atoms. The second kappa shape index (κ2) is 15.1. The molecule has 1 heterocycles. The number of halogens is 4. The molecule has 1 aromatic carbocycles. The molecule has 1 aliphatic rings. The first-order valence-corrected chi connectivity index (χ1v) is 10.4. The molecule has 1 fully saturated rings. The largest absolute Gasteiger partial charge is 0.399 e. The fourth-order valence-electron chi connectivity index (χ4n) is 2.56. The number of nitrogens with one attached hydrogen (secondary N) is 1. The first-order valence-electron chi connectivity index (χ1n) is 9.38. The molecule has 0 aromatic heterocycles. The van der Waals surface area contributed by atoms with E-state index in [-0.39, 0.29) is 11.9 Å². The second-order valence-electron chi connectivity index (χ2n) is 6.00. The van der Waals surface area contributed by atoms with Crippen LogP contribution in [0.3, 0.4) is 0 Å². The second-order valence-corrected chi connectivity index (χ2v) is 6.99. The normalized spacial score (nSPS) is 15.4. The third-order valence-electron chi connectivity index (χ3n) is 3.83. The Kier molecular flexibility index (Phi) is 14.7. The van der Waals surface area contributed by atoms with Crippen molar-refractivity contribution in [1.82, 2.24) is 9.62 Å². The van der Waals surface area contributed by atoms with Crippen LogP contribution in [0.1, 0.15) is 38.7 Å². The summed E-state index contributed by atoms with van der Waals surface area (Å²) in [6, 6.07) is 6.97. The van der Waals surface area contributed by atoms with Crippen LogP contribution in [0.5, 0.6) is 0 Å². The number of nitrogens with two attached hydrogens (primary N) is 1. The molecule has 1 saturated heterocycles. The Balaban J connectivity index is 0.000000574. The van der Waals surface area contributed by atoms with Gasteiger partial charge in [0.1, 0.15) is 11.6 Å². The van der Waals surface area contributed by atoms with Crippen molar-refractivity contribution in [3.63, 3.8) is 0 Å². The Morgan fingerprint density at radius 3 is 2.26 bits per heavy atom. The first kappa shape index (κ1) is 26.2. The summed E-state index contributed by atoms with van der Waals surface area (Å²) in [4.78, 5) is 2.45. The zero-order valence-electron chi connectivity index (χ0n) is 16.5. The van der Waals surface area contributed by atoms with Gasteiger partial charge in [-0.3, -0.25) is 4.72 Å². The molecule has 0 saturated carbocycles. The quantitative estimate of drug-likeness (QED) is 0.507. The molecule has 0 unspecified atom stereocenters. The maximum Gasteiger partial charge on any atom is 0.399 e. The molecule has 1 atom stereocenters. The topological polar surface area (TPSA) is 41.3 Å². The van der Waals surface area contributed by atoms with Crippen LogP contribution < -0.4 is 10.5 Å². The van der Waals surface area contributed by atoms with E-state index in [0.29, 0.717) is 18.4 Å². The van der Waals surface area contributed by atoms with E-state index in [2.05, 4.69) is 9.62 Å². The van der Waals surface area contributed by atoms with Gasteiger partial charge in [-0.2, -0.15) is 13.2 Å². The number of hydrogen-bond donors (Lipinski definition) is 2. The van der Waals surface area contributed by atoms with Crippen molar-refractivity contribution in [2.24, 2.45) is 5.73 Å². The summed E-state index contributed by atoms with van der Waals surface area (Å²) < 4.78 is 49.3. The van der Waals surface area contributed by atoms with Gasteiger partial charge in [0.2, 0.25) is 0 Å². The van der Waals surface area contributed by atoms with Gasteiger partial charge in [-0.25, -0.2) is 4.39 Å². The standard InChI is InChI=1S/C14H21FN2.C3H6F3NS.C2H6/c15-14-6-2-1-5-12(14)11-13(16)7-10-17-8-3-4-9-17;1-7-8-2-3(4,5)6;1-2/h1-2,5-6,13H,3-4,7-11,16H2;7H,2H2,1H3;1-2H3/t13-;;/m0../s1. The van der Waals surface area contributed by atoms with Crippen LogP contribution in [0.15, 0.2) is 24.3 Å². The van der Waals surface area contributed by atoms with Crippen molar-refractivity contribution in [1.29, 1.82) is 0 Å². The number of benzene rings is 1. The lowest BCUT2D eigenvalue weighted by atomic mass is 10.0. The van der Waals surface area contributed by atoms with E-state index < -0.39 is 11.9 Å². The molecule has 0 radical (unpaired) electrons. The van der Waals surface area contributed by atoms with Gasteiger partial charge in [0.15, 0.2) is 0 Å². The van der Waals surface area contributed by atoms with Crippen molar-refractivity contribution in [3.05, 3.63) is 35.6 Å². The Labute approximate surface area is 165 Å². The van der Waals surface area contributed by atoms with Gasteiger partial charge in [0.25, 0.3) is 0 Å². The summed E-state index contributed by atoms with van der Waals surface area (Å²) in [5.41, 5.74) is 6.80. The van der Waals surface area contributed by atoms with E-state index in [1.54, 1.807) is 6.07 Å². The minimum Gasteiger partial charge on any atom is -0.327 e. The highest BCUT2D eigenvalue weighted by Gasteiger charge is 2.26. The summed E-state index contributed by atoms with van der Waals surface area (Å²) in [6.07, 6.45) is 0.160. The van der Waals surface area contributed by atoms with Crippen LogP contribution >= 0.6 is 11.9 Å². The number of likely N-dealkylation sites (tertiary alicyclic amines) is 1. The summed E-state index contributed by atoms with van der Waals surface area (Å²) in [5.74, 6) is -0.965.